The van der Waals surface area contributed by atoms with Gasteiger partial charge < -0.3 is 19.5 Å². The number of carbonyl (C=O) groups excluding carboxylic acids is 1. The third-order valence-corrected chi connectivity index (χ3v) is 9.55. The van der Waals surface area contributed by atoms with Crippen molar-refractivity contribution in [3.63, 3.8) is 0 Å². The molecule has 1 aliphatic heterocycles. The number of nitrogens with zero attached hydrogens (tertiary/aromatic N) is 2. The number of fused-ring (bicyclic) bond motifs is 1. The Bertz CT molecular complexity index is 2180. The number of thiazole rings is 1. The topological polar surface area (TPSA) is 91.2 Å². The number of carbonyl (C=O) groups is 1. The van der Waals surface area contributed by atoms with E-state index in [4.69, 9.17) is 30.8 Å². The van der Waals surface area contributed by atoms with Crippen LogP contribution >= 0.6 is 38.9 Å². The molecule has 8 nitrogen and oxygen atoms in total. The number of aromatic nitrogens is 1. The molecular formula is C36H29BrClN3O5S. The fourth-order valence-electron chi connectivity index (χ4n) is 5.31. The number of ether oxygens (including phenoxy) is 3. The highest BCUT2D eigenvalue weighted by atomic mass is 79.9. The number of para-hydroxylation sites is 1. The Labute approximate surface area is 288 Å². The van der Waals surface area contributed by atoms with Gasteiger partial charge in [0.1, 0.15) is 12.4 Å². The van der Waals surface area contributed by atoms with Crippen LogP contribution in [0.5, 0.6) is 17.2 Å². The second-order valence-corrected chi connectivity index (χ2v) is 12.9. The van der Waals surface area contributed by atoms with Crippen molar-refractivity contribution in [1.82, 2.24) is 4.57 Å². The van der Waals surface area contributed by atoms with Gasteiger partial charge in [0.25, 0.3) is 11.5 Å². The highest BCUT2D eigenvalue weighted by Crippen LogP contribution is 2.38. The average molecular weight is 731 g/mol. The van der Waals surface area contributed by atoms with Gasteiger partial charge in [0.2, 0.25) is 0 Å². The molecule has 1 atom stereocenters. The van der Waals surface area contributed by atoms with Gasteiger partial charge in [-0.3, -0.25) is 14.2 Å². The van der Waals surface area contributed by atoms with Crippen LogP contribution in [0.4, 0.5) is 5.69 Å². The molecule has 0 saturated carbocycles. The predicted molar refractivity (Wildman–Crippen MR) is 188 cm³/mol. The number of rotatable bonds is 9. The van der Waals surface area contributed by atoms with Crippen molar-refractivity contribution >= 4 is 56.5 Å². The average Bonchev–Trinajstić information content (AvgIpc) is 3.38. The van der Waals surface area contributed by atoms with Crippen molar-refractivity contribution in [1.29, 1.82) is 0 Å². The molecule has 0 aliphatic carbocycles. The molecule has 1 aromatic heterocycles. The summed E-state index contributed by atoms with van der Waals surface area (Å²) in [4.78, 5) is 33.2. The second-order valence-electron chi connectivity index (χ2n) is 10.6. The van der Waals surface area contributed by atoms with Gasteiger partial charge in [0.15, 0.2) is 16.3 Å². The molecule has 0 unspecified atom stereocenters. The maximum atomic E-state index is 14.2. The number of allylic oxidation sites excluding steroid dienone is 1. The zero-order valence-corrected chi connectivity index (χ0v) is 28.8. The van der Waals surface area contributed by atoms with Gasteiger partial charge in [-0.25, -0.2) is 4.99 Å². The smallest absolute Gasteiger partial charge is 0.271 e. The quantitative estimate of drug-likeness (QED) is 0.179. The molecule has 0 saturated heterocycles. The van der Waals surface area contributed by atoms with E-state index in [-0.39, 0.29) is 18.1 Å². The summed E-state index contributed by atoms with van der Waals surface area (Å²) in [6.45, 7) is 2.04. The van der Waals surface area contributed by atoms with E-state index in [2.05, 4.69) is 21.2 Å². The molecule has 47 heavy (non-hydrogen) atoms. The van der Waals surface area contributed by atoms with Crippen LogP contribution in [0.3, 0.4) is 0 Å². The lowest BCUT2D eigenvalue weighted by Gasteiger charge is -2.25. The van der Waals surface area contributed by atoms with E-state index < -0.39 is 6.04 Å². The molecule has 0 spiro atoms. The molecule has 1 amide bonds. The number of nitrogens with one attached hydrogen (secondary N) is 1. The Hall–Kier alpha value is -4.64. The lowest BCUT2D eigenvalue weighted by atomic mass is 9.95. The lowest BCUT2D eigenvalue weighted by molar-refractivity contribution is -0.113. The maximum absolute atomic E-state index is 14.2. The minimum Gasteiger partial charge on any atom is -0.497 e. The van der Waals surface area contributed by atoms with Gasteiger partial charge in [0.05, 0.1) is 40.5 Å². The SMILES string of the molecule is COc1ccc([C@H]2C(C(=O)Nc3ccccc3)=C(C)N=c3s/c(=C/c4cc(Br)c(OCc5ccccc5Cl)c(OC)c4)c(=O)n32)cc1. The molecule has 1 N–H and O–H groups in total. The molecule has 238 valence electrons. The first kappa shape index (κ1) is 32.3. The summed E-state index contributed by atoms with van der Waals surface area (Å²) in [6, 6.07) is 26.9. The summed E-state index contributed by atoms with van der Waals surface area (Å²) in [5, 5.41) is 3.58. The summed E-state index contributed by atoms with van der Waals surface area (Å²) in [6.07, 6.45) is 1.78. The normalized spacial score (nSPS) is 14.3. The summed E-state index contributed by atoms with van der Waals surface area (Å²) in [5.74, 6) is 1.32. The van der Waals surface area contributed by atoms with E-state index in [1.165, 1.54) is 11.3 Å². The van der Waals surface area contributed by atoms with Crippen molar-refractivity contribution < 1.29 is 19.0 Å². The molecule has 4 aromatic carbocycles. The number of amides is 1. The van der Waals surface area contributed by atoms with Crippen LogP contribution in [0.2, 0.25) is 5.02 Å². The van der Waals surface area contributed by atoms with Gasteiger partial charge >= 0.3 is 0 Å². The molecule has 5 aromatic rings. The highest BCUT2D eigenvalue weighted by Gasteiger charge is 2.32. The maximum Gasteiger partial charge on any atom is 0.271 e. The fraction of sp³-hybridized carbons (Fsp3) is 0.139. The zero-order valence-electron chi connectivity index (χ0n) is 25.6. The zero-order chi connectivity index (χ0) is 33.1. The molecule has 6 rings (SSSR count). The number of halogens is 2. The Kier molecular flexibility index (Phi) is 9.63. The summed E-state index contributed by atoms with van der Waals surface area (Å²) in [5.41, 5.74) is 3.56. The number of benzene rings is 4. The second kappa shape index (κ2) is 14.0. The number of methoxy groups -OCH3 is 2. The van der Waals surface area contributed by atoms with Crippen molar-refractivity contribution in [2.75, 3.05) is 19.5 Å². The third kappa shape index (κ3) is 6.76. The number of hydrogen-bond donors (Lipinski definition) is 1. The molecule has 0 bridgehead atoms. The largest absolute Gasteiger partial charge is 0.497 e. The molecule has 2 heterocycles. The van der Waals surface area contributed by atoms with E-state index in [1.807, 2.05) is 84.9 Å². The van der Waals surface area contributed by atoms with Gasteiger partial charge in [-0.2, -0.15) is 0 Å². The third-order valence-electron chi connectivity index (χ3n) is 7.61. The van der Waals surface area contributed by atoms with Gasteiger partial charge in [-0.1, -0.05) is 71.5 Å². The Morgan fingerprint density at radius 3 is 2.45 bits per heavy atom. The summed E-state index contributed by atoms with van der Waals surface area (Å²) < 4.78 is 19.8. The summed E-state index contributed by atoms with van der Waals surface area (Å²) in [7, 11) is 3.15. The van der Waals surface area contributed by atoms with Crippen LogP contribution in [0.1, 0.15) is 29.7 Å². The Morgan fingerprint density at radius 1 is 1.02 bits per heavy atom. The molecule has 11 heteroatoms. The van der Waals surface area contributed by atoms with Crippen molar-refractivity contribution in [3.8, 4) is 17.2 Å². The van der Waals surface area contributed by atoms with E-state index in [0.717, 1.165) is 11.1 Å². The lowest BCUT2D eigenvalue weighted by Crippen LogP contribution is -2.40. The molecular weight excluding hydrogens is 702 g/mol. The monoisotopic (exact) mass is 729 g/mol. The van der Waals surface area contributed by atoms with E-state index >= 15 is 0 Å². The first-order valence-electron chi connectivity index (χ1n) is 14.5. The standard InChI is InChI=1S/C36H29BrClN3O5S/c1-21-31(34(42)40-25-10-5-4-6-11-25)32(23-13-15-26(44-2)16-14-23)41-35(43)30(47-36(41)39-21)19-22-17-27(37)33(29(18-22)45-3)46-20-24-9-7-8-12-28(24)38/h4-19,32H,20H2,1-3H3,(H,40,42)/b30-19+/t32-/m0/s1. The summed E-state index contributed by atoms with van der Waals surface area (Å²) >= 11 is 11.2. The van der Waals surface area contributed by atoms with Crippen molar-refractivity contribution in [2.45, 2.75) is 19.6 Å². The van der Waals surface area contributed by atoms with Gasteiger partial charge in [-0.05, 0) is 82.5 Å². The minimum absolute atomic E-state index is 0.247. The molecule has 0 radical (unpaired) electrons. The minimum atomic E-state index is -0.718. The van der Waals surface area contributed by atoms with E-state index in [9.17, 15) is 9.59 Å². The number of anilines is 1. The van der Waals surface area contributed by atoms with Crippen LogP contribution < -0.4 is 34.4 Å². The Morgan fingerprint density at radius 2 is 1.74 bits per heavy atom. The van der Waals surface area contributed by atoms with Gasteiger partial charge in [0, 0.05) is 16.3 Å². The Balaban J connectivity index is 1.41. The fourth-order valence-corrected chi connectivity index (χ4v) is 7.12. The van der Waals surface area contributed by atoms with Crippen LogP contribution in [-0.2, 0) is 11.4 Å². The first-order valence-corrected chi connectivity index (χ1v) is 16.5. The van der Waals surface area contributed by atoms with Crippen LogP contribution in [0, 0.1) is 0 Å². The van der Waals surface area contributed by atoms with E-state index in [0.29, 0.717) is 58.6 Å². The van der Waals surface area contributed by atoms with Crippen LogP contribution in [-0.4, -0.2) is 24.7 Å². The van der Waals surface area contributed by atoms with E-state index in [1.54, 1.807) is 37.9 Å². The predicted octanol–water partition coefficient (Wildman–Crippen LogP) is 6.89. The molecule has 0 fully saturated rings. The van der Waals surface area contributed by atoms with Crippen molar-refractivity contribution in [2.24, 2.45) is 4.99 Å². The highest BCUT2D eigenvalue weighted by molar-refractivity contribution is 9.10. The van der Waals surface area contributed by atoms with Crippen LogP contribution in [0.15, 0.2) is 117 Å². The van der Waals surface area contributed by atoms with Gasteiger partial charge in [-0.15, -0.1) is 0 Å². The van der Waals surface area contributed by atoms with Crippen molar-refractivity contribution in [3.05, 3.63) is 148 Å². The number of hydrogen-bond acceptors (Lipinski definition) is 7. The first-order chi connectivity index (χ1) is 22.8. The van der Waals surface area contributed by atoms with Crippen LogP contribution in [0.25, 0.3) is 6.08 Å². The molecule has 1 aliphatic rings.